The molecule has 2 atom stereocenters. The van der Waals surface area contributed by atoms with Crippen molar-refractivity contribution in [3.63, 3.8) is 0 Å². The van der Waals surface area contributed by atoms with E-state index in [9.17, 15) is 9.59 Å². The second-order valence-electron chi connectivity index (χ2n) is 8.09. The lowest BCUT2D eigenvalue weighted by Crippen LogP contribution is -2.47. The van der Waals surface area contributed by atoms with Gasteiger partial charge >= 0.3 is 0 Å². The minimum Gasteiger partial charge on any atom is -0.497 e. The summed E-state index contributed by atoms with van der Waals surface area (Å²) in [5.41, 5.74) is 2.12. The molecule has 2 aromatic rings. The molecule has 2 aliphatic heterocycles. The number of thioether (sulfide) groups is 1. The van der Waals surface area contributed by atoms with E-state index < -0.39 is 11.3 Å². The Bertz CT molecular complexity index is 1140. The molecule has 2 amide bonds. The van der Waals surface area contributed by atoms with Gasteiger partial charge in [0.2, 0.25) is 5.91 Å². The maximum absolute atomic E-state index is 13.0. The molecule has 8 nitrogen and oxygen atoms in total. The molecule has 2 aliphatic rings. The summed E-state index contributed by atoms with van der Waals surface area (Å²) < 4.78 is 10.6. The number of carbonyl (C=O) groups is 2. The standard InChI is InChI=1S/C24H26N4O4S/c1-13(2)20-23(30)27-21-18-8-6-7-9-19(18)26-24(28(20)21)33-14(3)22(29)25-15-10-16(31-4)12-17(11-15)32-5/h6-14,20H,1-5H3,(H,25,29). The van der Waals surface area contributed by atoms with E-state index in [1.807, 2.05) is 43.0 Å². The lowest BCUT2D eigenvalue weighted by Gasteiger charge is -2.33. The monoisotopic (exact) mass is 466 g/mol. The molecule has 172 valence electrons. The van der Waals surface area contributed by atoms with E-state index in [1.54, 1.807) is 39.3 Å². The zero-order valence-electron chi connectivity index (χ0n) is 19.2. The number of carbonyl (C=O) groups excluding carboxylic acids is 2. The number of amides is 2. The van der Waals surface area contributed by atoms with Crippen LogP contribution in [0, 0.1) is 5.92 Å². The molecular weight excluding hydrogens is 440 g/mol. The summed E-state index contributed by atoms with van der Waals surface area (Å²) in [4.78, 5) is 36.8. The fraction of sp³-hybridized carbons (Fsp3) is 0.333. The summed E-state index contributed by atoms with van der Waals surface area (Å²) in [5.74, 6) is 1.39. The minimum absolute atomic E-state index is 0.0307. The molecule has 0 saturated carbocycles. The molecule has 0 radical (unpaired) electrons. The Kier molecular flexibility index (Phi) is 6.42. The molecule has 9 heteroatoms. The highest BCUT2D eigenvalue weighted by Crippen LogP contribution is 2.37. The summed E-state index contributed by atoms with van der Waals surface area (Å²) in [6, 6.07) is 12.3. The number of hydrogen-bond acceptors (Lipinski definition) is 7. The smallest absolute Gasteiger partial charge is 0.271 e. The summed E-state index contributed by atoms with van der Waals surface area (Å²) in [6.45, 7) is 5.77. The van der Waals surface area contributed by atoms with Crippen molar-refractivity contribution in [3.05, 3.63) is 48.0 Å². The van der Waals surface area contributed by atoms with Crippen molar-refractivity contribution in [2.75, 3.05) is 19.5 Å². The first-order valence-corrected chi connectivity index (χ1v) is 11.5. The zero-order chi connectivity index (χ0) is 23.7. The number of ether oxygens (including phenoxy) is 2. The molecule has 1 N–H and O–H groups in total. The zero-order valence-corrected chi connectivity index (χ0v) is 20.0. The van der Waals surface area contributed by atoms with Crippen LogP contribution in [0.2, 0.25) is 0 Å². The van der Waals surface area contributed by atoms with Crippen molar-refractivity contribution in [2.45, 2.75) is 32.1 Å². The van der Waals surface area contributed by atoms with E-state index in [-0.39, 0.29) is 17.7 Å². The van der Waals surface area contributed by atoms with E-state index in [2.05, 4.69) is 10.3 Å². The molecule has 0 saturated heterocycles. The second kappa shape index (κ2) is 9.27. The van der Waals surface area contributed by atoms with Crippen LogP contribution in [-0.2, 0) is 9.59 Å². The lowest BCUT2D eigenvalue weighted by atomic mass is 10.0. The fourth-order valence-corrected chi connectivity index (χ4v) is 4.73. The Morgan fingerprint density at radius 3 is 2.36 bits per heavy atom. The molecule has 2 aromatic carbocycles. The van der Waals surface area contributed by atoms with E-state index in [0.717, 1.165) is 11.3 Å². The van der Waals surface area contributed by atoms with Crippen LogP contribution in [0.1, 0.15) is 26.3 Å². The second-order valence-corrected chi connectivity index (χ2v) is 9.40. The van der Waals surface area contributed by atoms with Crippen LogP contribution in [0.25, 0.3) is 0 Å². The van der Waals surface area contributed by atoms with Gasteiger partial charge in [-0.15, -0.1) is 0 Å². The highest BCUT2D eigenvalue weighted by Gasteiger charge is 2.43. The normalized spacial score (nSPS) is 17.7. The quantitative estimate of drug-likeness (QED) is 0.690. The van der Waals surface area contributed by atoms with E-state index in [0.29, 0.717) is 28.2 Å². The van der Waals surface area contributed by atoms with Crippen molar-refractivity contribution in [3.8, 4) is 11.5 Å². The molecule has 0 spiro atoms. The molecular formula is C24H26N4O4S. The van der Waals surface area contributed by atoms with Crippen LogP contribution in [0.3, 0.4) is 0 Å². The Hall–Kier alpha value is -3.33. The number of fused-ring (bicyclic) bond motifs is 3. The molecule has 2 heterocycles. The van der Waals surface area contributed by atoms with Crippen LogP contribution in [-0.4, -0.2) is 53.2 Å². The summed E-state index contributed by atoms with van der Waals surface area (Å²) >= 11 is 1.30. The largest absolute Gasteiger partial charge is 0.497 e. The molecule has 0 aliphatic carbocycles. The number of para-hydroxylation sites is 1. The number of nitrogens with one attached hydrogen (secondary N) is 1. The van der Waals surface area contributed by atoms with Gasteiger partial charge in [-0.05, 0) is 25.0 Å². The first-order valence-electron chi connectivity index (χ1n) is 10.6. The van der Waals surface area contributed by atoms with Crippen LogP contribution >= 0.6 is 11.8 Å². The number of nitrogens with zero attached hydrogens (tertiary/aromatic N) is 3. The average molecular weight is 467 g/mol. The van der Waals surface area contributed by atoms with Crippen molar-refractivity contribution < 1.29 is 19.1 Å². The highest BCUT2D eigenvalue weighted by atomic mass is 32.2. The predicted molar refractivity (Wildman–Crippen MR) is 131 cm³/mol. The van der Waals surface area contributed by atoms with Gasteiger partial charge in [0.05, 0.1) is 25.2 Å². The molecule has 4 rings (SSSR count). The number of anilines is 1. The minimum atomic E-state index is -0.490. The van der Waals surface area contributed by atoms with Crippen molar-refractivity contribution in [2.24, 2.45) is 15.9 Å². The van der Waals surface area contributed by atoms with Gasteiger partial charge in [-0.25, -0.2) is 4.99 Å². The third kappa shape index (κ3) is 4.45. The van der Waals surface area contributed by atoms with Gasteiger partial charge in [0.15, 0.2) is 5.17 Å². The van der Waals surface area contributed by atoms with E-state index in [4.69, 9.17) is 14.5 Å². The first kappa shape index (κ1) is 22.8. The SMILES string of the molecule is COc1cc(NC(=O)C(C)SC2=Nc3ccccc3C3=NC(=O)C(C(C)C)N23)cc(OC)c1. The van der Waals surface area contributed by atoms with Gasteiger partial charge in [0.25, 0.3) is 5.91 Å². The number of aliphatic imine (C=N–C) groups is 2. The topological polar surface area (TPSA) is 92.6 Å². The maximum Gasteiger partial charge on any atom is 0.271 e. The Morgan fingerprint density at radius 2 is 1.73 bits per heavy atom. The van der Waals surface area contributed by atoms with E-state index in [1.165, 1.54) is 11.8 Å². The van der Waals surface area contributed by atoms with Gasteiger partial charge in [0.1, 0.15) is 23.4 Å². The van der Waals surface area contributed by atoms with Gasteiger partial charge in [-0.2, -0.15) is 4.99 Å². The van der Waals surface area contributed by atoms with Gasteiger partial charge in [-0.3, -0.25) is 14.5 Å². The average Bonchev–Trinajstić information content (AvgIpc) is 3.16. The fourth-order valence-electron chi connectivity index (χ4n) is 3.78. The maximum atomic E-state index is 13.0. The third-order valence-electron chi connectivity index (χ3n) is 5.44. The number of rotatable bonds is 6. The van der Waals surface area contributed by atoms with Crippen LogP contribution in [0.15, 0.2) is 52.4 Å². The van der Waals surface area contributed by atoms with Crippen molar-refractivity contribution >= 4 is 46.0 Å². The Labute approximate surface area is 197 Å². The third-order valence-corrected chi connectivity index (χ3v) is 6.51. The molecule has 2 unspecified atom stereocenters. The number of amidine groups is 2. The van der Waals surface area contributed by atoms with E-state index >= 15 is 0 Å². The summed E-state index contributed by atoms with van der Waals surface area (Å²) in [5, 5.41) is 3.01. The highest BCUT2D eigenvalue weighted by molar-refractivity contribution is 8.14. The van der Waals surface area contributed by atoms with Crippen LogP contribution in [0.4, 0.5) is 11.4 Å². The summed E-state index contributed by atoms with van der Waals surface area (Å²) in [7, 11) is 3.11. The molecule has 0 fully saturated rings. The van der Waals surface area contributed by atoms with Crippen molar-refractivity contribution in [1.82, 2.24) is 4.90 Å². The molecule has 0 bridgehead atoms. The molecule has 33 heavy (non-hydrogen) atoms. The molecule has 0 aromatic heterocycles. The first-order chi connectivity index (χ1) is 15.8. The van der Waals surface area contributed by atoms with Crippen LogP contribution < -0.4 is 14.8 Å². The summed E-state index contributed by atoms with van der Waals surface area (Å²) in [6.07, 6.45) is 0. The number of methoxy groups -OCH3 is 2. The van der Waals surface area contributed by atoms with Gasteiger partial charge in [-0.1, -0.05) is 37.7 Å². The Balaban J connectivity index is 1.59. The lowest BCUT2D eigenvalue weighted by molar-refractivity contribution is -0.120. The van der Waals surface area contributed by atoms with Crippen molar-refractivity contribution in [1.29, 1.82) is 0 Å². The van der Waals surface area contributed by atoms with Crippen LogP contribution in [0.5, 0.6) is 11.5 Å². The van der Waals surface area contributed by atoms with Gasteiger partial charge < -0.3 is 14.8 Å². The Morgan fingerprint density at radius 1 is 1.06 bits per heavy atom. The number of benzene rings is 2. The number of hydrogen-bond donors (Lipinski definition) is 1. The van der Waals surface area contributed by atoms with Gasteiger partial charge in [0, 0.05) is 29.4 Å². The predicted octanol–water partition coefficient (Wildman–Crippen LogP) is 4.08.